The highest BCUT2D eigenvalue weighted by Gasteiger charge is 2.36. The molecule has 0 atom stereocenters. The van der Waals surface area contributed by atoms with Gasteiger partial charge in [0, 0.05) is 5.69 Å². The summed E-state index contributed by atoms with van der Waals surface area (Å²) in [4.78, 5) is 0. The molecule has 2 N–H and O–H groups in total. The minimum atomic E-state index is 0.0695. The van der Waals surface area contributed by atoms with Gasteiger partial charge in [0.15, 0.2) is 0 Å². The molecule has 1 aliphatic heterocycles. The molecule has 1 aliphatic rings. The van der Waals surface area contributed by atoms with E-state index in [1.165, 1.54) is 10.9 Å². The van der Waals surface area contributed by atoms with E-state index in [0.717, 1.165) is 5.69 Å². The van der Waals surface area contributed by atoms with Gasteiger partial charge >= 0.3 is 21.5 Å². The molecule has 0 aromatic heterocycles. The van der Waals surface area contributed by atoms with E-state index in [1.807, 2.05) is 12.1 Å². The van der Waals surface area contributed by atoms with E-state index in [-0.39, 0.29) is 14.0 Å². The van der Waals surface area contributed by atoms with Crippen LogP contribution in [0.15, 0.2) is 91.0 Å². The van der Waals surface area contributed by atoms with Crippen molar-refractivity contribution in [3.05, 3.63) is 91.0 Å². The number of anilines is 1. The van der Waals surface area contributed by atoms with Gasteiger partial charge in [-0.05, 0) is 23.1 Å². The molecule has 0 bridgehead atoms. The zero-order chi connectivity index (χ0) is 16.2. The van der Waals surface area contributed by atoms with Gasteiger partial charge in [0.25, 0.3) is 0 Å². The maximum absolute atomic E-state index is 3.72. The maximum Gasteiger partial charge on any atom is 0.353 e. The van der Waals surface area contributed by atoms with E-state index in [9.17, 15) is 0 Å². The fourth-order valence-electron chi connectivity index (χ4n) is 3.07. The van der Waals surface area contributed by atoms with Crippen molar-refractivity contribution in [2.45, 2.75) is 0 Å². The predicted octanol–water partition coefficient (Wildman–Crippen LogP) is 1.01. The Morgan fingerprint density at radius 1 is 0.667 bits per heavy atom. The summed E-state index contributed by atoms with van der Waals surface area (Å²) in [5, 5.41) is 7.19. The van der Waals surface area contributed by atoms with Gasteiger partial charge in [0.05, 0.1) is 0 Å². The molecule has 113 valence electrons. The van der Waals surface area contributed by atoms with Gasteiger partial charge < -0.3 is 15.0 Å². The van der Waals surface area contributed by atoms with Crippen molar-refractivity contribution in [1.82, 2.24) is 10.3 Å². The van der Waals surface area contributed by atoms with Crippen LogP contribution >= 0.6 is 0 Å². The average molecular weight is 308 g/mol. The third kappa shape index (κ3) is 3.11. The smallest absolute Gasteiger partial charge is 0.353 e. The first-order valence-electron chi connectivity index (χ1n) is 8.20. The first kappa shape index (κ1) is 15.1. The van der Waals surface area contributed by atoms with Gasteiger partial charge in [0.1, 0.15) is 0 Å². The summed E-state index contributed by atoms with van der Waals surface area (Å²) in [6.07, 6.45) is 0. The third-order valence-electron chi connectivity index (χ3n) is 4.29. The van der Waals surface area contributed by atoms with E-state index >= 15 is 0 Å². The molecule has 3 nitrogen and oxygen atoms in total. The molecule has 1 saturated heterocycles. The van der Waals surface area contributed by atoms with Crippen molar-refractivity contribution >= 4 is 38.1 Å². The van der Waals surface area contributed by atoms with Crippen molar-refractivity contribution in [1.29, 1.82) is 0 Å². The molecule has 6 heteroatoms. The van der Waals surface area contributed by atoms with Crippen molar-refractivity contribution in [2.24, 2.45) is 0 Å². The Labute approximate surface area is 144 Å². The lowest BCUT2D eigenvalue weighted by atomic mass is 9.48. The highest BCUT2D eigenvalue weighted by molar-refractivity contribution is 6.97. The molecule has 0 unspecified atom stereocenters. The van der Waals surface area contributed by atoms with Gasteiger partial charge in [-0.3, -0.25) is 0 Å². The minimum absolute atomic E-state index is 0.0695. The number of benzene rings is 3. The Kier molecular flexibility index (Phi) is 4.41. The van der Waals surface area contributed by atoms with Crippen LogP contribution in [0.2, 0.25) is 0 Å². The van der Waals surface area contributed by atoms with Gasteiger partial charge in [-0.1, -0.05) is 78.9 Å². The van der Waals surface area contributed by atoms with Crippen LogP contribution in [0.25, 0.3) is 0 Å². The average Bonchev–Trinajstić information content (AvgIpc) is 2.69. The molecule has 0 spiro atoms. The van der Waals surface area contributed by atoms with Gasteiger partial charge in [-0.25, -0.2) is 0 Å². The van der Waals surface area contributed by atoms with Crippen molar-refractivity contribution in [2.75, 3.05) is 4.72 Å². The van der Waals surface area contributed by atoms with Crippen molar-refractivity contribution < 1.29 is 0 Å². The molecule has 3 aromatic rings. The second-order valence-electron chi connectivity index (χ2n) is 5.86. The molecule has 0 saturated carbocycles. The van der Waals surface area contributed by atoms with E-state index in [1.54, 1.807) is 0 Å². The van der Waals surface area contributed by atoms with Crippen LogP contribution < -0.4 is 25.9 Å². The van der Waals surface area contributed by atoms with Crippen molar-refractivity contribution in [3.8, 4) is 0 Å². The molecule has 0 aliphatic carbocycles. The summed E-state index contributed by atoms with van der Waals surface area (Å²) in [6, 6.07) is 31.4. The topological polar surface area (TPSA) is 27.3 Å². The van der Waals surface area contributed by atoms with E-state index in [0.29, 0.717) is 0 Å². The molecule has 0 amide bonds. The van der Waals surface area contributed by atoms with E-state index < -0.39 is 0 Å². The van der Waals surface area contributed by atoms with Crippen LogP contribution in [-0.2, 0) is 0 Å². The molecular formula is C18H17B3N3. The van der Waals surface area contributed by atoms with Crippen LogP contribution in [0.4, 0.5) is 5.69 Å². The molecule has 1 heterocycles. The SMILES string of the molecule is [B]1NB(c2ccccc2)NB(c2ccccc2)N1c1ccccc1. The monoisotopic (exact) mass is 308 g/mol. The Hall–Kier alpha value is -2.43. The van der Waals surface area contributed by atoms with Crippen LogP contribution in [0.1, 0.15) is 0 Å². The first-order valence-corrected chi connectivity index (χ1v) is 8.20. The van der Waals surface area contributed by atoms with Gasteiger partial charge in [0.2, 0.25) is 0 Å². The lowest BCUT2D eigenvalue weighted by Crippen LogP contribution is -2.77. The lowest BCUT2D eigenvalue weighted by Gasteiger charge is -2.39. The Morgan fingerprint density at radius 3 is 1.83 bits per heavy atom. The zero-order valence-electron chi connectivity index (χ0n) is 13.3. The summed E-state index contributed by atoms with van der Waals surface area (Å²) in [5.41, 5.74) is 3.61. The molecular weight excluding hydrogens is 291 g/mol. The standard InChI is InChI=1S/C18H17B3N3/c1-4-10-16(11-5-1)20-22-19-24(18-14-8-3-9-15-18)21(23-20)17-12-6-2-7-13-17/h1-15,22-23H. The Morgan fingerprint density at radius 2 is 1.21 bits per heavy atom. The van der Waals surface area contributed by atoms with E-state index in [2.05, 4.69) is 101 Å². The molecule has 24 heavy (non-hydrogen) atoms. The third-order valence-corrected chi connectivity index (χ3v) is 4.29. The number of nitrogens with one attached hydrogen (secondary N) is 2. The fourth-order valence-corrected chi connectivity index (χ4v) is 3.07. The summed E-state index contributed by atoms with van der Waals surface area (Å²) in [7, 11) is 2.07. The maximum atomic E-state index is 3.72. The van der Waals surface area contributed by atoms with Crippen LogP contribution in [0, 0.1) is 0 Å². The van der Waals surface area contributed by atoms with Crippen LogP contribution in [0.5, 0.6) is 0 Å². The van der Waals surface area contributed by atoms with Crippen LogP contribution in [0.3, 0.4) is 0 Å². The second-order valence-corrected chi connectivity index (χ2v) is 5.86. The highest BCUT2D eigenvalue weighted by Crippen LogP contribution is 2.14. The summed E-state index contributed by atoms with van der Waals surface area (Å²) in [6.45, 7) is 0.149. The Bertz CT molecular complexity index is 771. The largest absolute Gasteiger partial charge is 0.434 e. The first-order chi connectivity index (χ1) is 11.9. The number of para-hydroxylation sites is 1. The van der Waals surface area contributed by atoms with Gasteiger partial charge in [-0.2, -0.15) is 0 Å². The molecule has 3 aromatic carbocycles. The summed E-state index contributed by atoms with van der Waals surface area (Å²) in [5.74, 6) is 0. The minimum Gasteiger partial charge on any atom is -0.434 e. The number of hydrogen-bond donors (Lipinski definition) is 2. The predicted molar refractivity (Wildman–Crippen MR) is 105 cm³/mol. The number of nitrogens with zero attached hydrogens (tertiary/aromatic N) is 1. The Balaban J connectivity index is 1.67. The zero-order valence-corrected chi connectivity index (χ0v) is 13.3. The fraction of sp³-hybridized carbons (Fsp3) is 0. The van der Waals surface area contributed by atoms with E-state index in [4.69, 9.17) is 0 Å². The molecule has 4 rings (SSSR count). The lowest BCUT2D eigenvalue weighted by molar-refractivity contribution is 1.25. The molecule has 1 radical (unpaired) electrons. The van der Waals surface area contributed by atoms with Crippen LogP contribution in [-0.4, -0.2) is 21.5 Å². The number of hydrogen-bond acceptors (Lipinski definition) is 3. The summed E-state index contributed by atoms with van der Waals surface area (Å²) < 4.78 is 2.23. The molecule has 1 fully saturated rings. The second kappa shape index (κ2) is 6.99. The number of rotatable bonds is 3. The van der Waals surface area contributed by atoms with Gasteiger partial charge in [-0.15, -0.1) is 0 Å². The van der Waals surface area contributed by atoms with Crippen molar-refractivity contribution in [3.63, 3.8) is 0 Å². The highest BCUT2D eigenvalue weighted by atomic mass is 15.2. The quantitative estimate of drug-likeness (QED) is 0.707. The summed E-state index contributed by atoms with van der Waals surface area (Å²) >= 11 is 0. The normalized spacial score (nSPS) is 14.4.